The van der Waals surface area contributed by atoms with Gasteiger partial charge in [0.25, 0.3) is 0 Å². The van der Waals surface area contributed by atoms with Crippen LogP contribution in [-0.4, -0.2) is 28.5 Å². The Morgan fingerprint density at radius 2 is 2.04 bits per heavy atom. The van der Waals surface area contributed by atoms with Crippen LogP contribution in [0.1, 0.15) is 35.8 Å². The van der Waals surface area contributed by atoms with Gasteiger partial charge in [-0.25, -0.2) is 9.78 Å². The van der Waals surface area contributed by atoms with Crippen molar-refractivity contribution in [2.24, 2.45) is 0 Å². The maximum Gasteiger partial charge on any atom is 0.573 e. The third-order valence-electron chi connectivity index (χ3n) is 3.47. The number of carbonyl (C=O) groups is 1. The minimum Gasteiger partial charge on any atom is -0.461 e. The van der Waals surface area contributed by atoms with E-state index >= 15 is 0 Å². The van der Waals surface area contributed by atoms with E-state index in [0.29, 0.717) is 12.2 Å². The lowest BCUT2D eigenvalue weighted by molar-refractivity contribution is -0.274. The Morgan fingerprint density at radius 3 is 2.76 bits per heavy atom. The summed E-state index contributed by atoms with van der Waals surface area (Å²) < 4.78 is 48.1. The molecule has 0 N–H and O–H groups in total. The van der Waals surface area contributed by atoms with Crippen LogP contribution in [0, 0.1) is 0 Å². The van der Waals surface area contributed by atoms with Gasteiger partial charge in [0.1, 0.15) is 11.4 Å². The maximum absolute atomic E-state index is 12.5. The lowest BCUT2D eigenvalue weighted by atomic mass is 10.1. The number of benzene rings is 1. The lowest BCUT2D eigenvalue weighted by Gasteiger charge is -2.14. The van der Waals surface area contributed by atoms with E-state index in [0.717, 1.165) is 12.8 Å². The van der Waals surface area contributed by atoms with Crippen molar-refractivity contribution in [3.05, 3.63) is 48.0 Å². The number of carbonyl (C=O) groups excluding carboxylic acids is 1. The van der Waals surface area contributed by atoms with Gasteiger partial charge in [0, 0.05) is 6.54 Å². The molecule has 0 unspecified atom stereocenters. The highest BCUT2D eigenvalue weighted by molar-refractivity contribution is 5.87. The highest BCUT2D eigenvalue weighted by Crippen LogP contribution is 2.26. The largest absolute Gasteiger partial charge is 0.573 e. The van der Waals surface area contributed by atoms with Crippen molar-refractivity contribution in [1.29, 1.82) is 0 Å². The van der Waals surface area contributed by atoms with Gasteiger partial charge >= 0.3 is 12.3 Å². The Labute approximate surface area is 143 Å². The van der Waals surface area contributed by atoms with E-state index in [2.05, 4.69) is 9.72 Å². The first kappa shape index (κ1) is 18.8. The molecule has 1 aromatic heterocycles. The molecule has 0 fully saturated rings. The fraction of sp³-hybridized carbons (Fsp3) is 0.412. The van der Waals surface area contributed by atoms with Gasteiger partial charge in [-0.3, -0.25) is 0 Å². The number of halogens is 3. The van der Waals surface area contributed by atoms with Crippen LogP contribution in [0.15, 0.2) is 36.8 Å². The first-order valence-electron chi connectivity index (χ1n) is 7.91. The van der Waals surface area contributed by atoms with Gasteiger partial charge in [0.2, 0.25) is 0 Å². The molecule has 1 aromatic carbocycles. The summed E-state index contributed by atoms with van der Waals surface area (Å²) in [5.74, 6) is -0.743. The van der Waals surface area contributed by atoms with Crippen LogP contribution in [0.25, 0.3) is 0 Å². The standard InChI is InChI=1S/C17H19F3N2O3/c1-2-3-10-24-16(23)14-11-21-12-22(14)9-8-13-6-4-5-7-15(13)25-17(18,19)20/h4-7,11-12H,2-3,8-10H2,1H3. The normalized spacial score (nSPS) is 11.4. The van der Waals surface area contributed by atoms with Crippen molar-refractivity contribution < 1.29 is 27.4 Å². The summed E-state index contributed by atoms with van der Waals surface area (Å²) in [6, 6.07) is 5.92. The van der Waals surface area contributed by atoms with Crippen LogP contribution in [0.5, 0.6) is 5.75 Å². The van der Waals surface area contributed by atoms with Crippen molar-refractivity contribution in [3.63, 3.8) is 0 Å². The number of esters is 1. The molecule has 5 nitrogen and oxygen atoms in total. The number of rotatable bonds is 8. The third-order valence-corrected chi connectivity index (χ3v) is 3.47. The number of nitrogens with zero attached hydrogens (tertiary/aromatic N) is 2. The predicted octanol–water partition coefficient (Wildman–Crippen LogP) is 3.98. The van der Waals surface area contributed by atoms with Crippen molar-refractivity contribution in [2.75, 3.05) is 6.61 Å². The van der Waals surface area contributed by atoms with Gasteiger partial charge in [-0.05, 0) is 24.5 Å². The molecule has 0 aliphatic rings. The molecule has 136 valence electrons. The van der Waals surface area contributed by atoms with Gasteiger partial charge in [0.05, 0.1) is 19.1 Å². The molecule has 0 spiro atoms. The quantitative estimate of drug-likeness (QED) is 0.530. The number of hydrogen-bond acceptors (Lipinski definition) is 4. The fourth-order valence-electron chi connectivity index (χ4n) is 2.23. The molecule has 1 heterocycles. The number of aromatic nitrogens is 2. The molecular weight excluding hydrogens is 337 g/mol. The molecule has 0 saturated heterocycles. The lowest BCUT2D eigenvalue weighted by Crippen LogP contribution is -2.18. The van der Waals surface area contributed by atoms with Crippen molar-refractivity contribution in [1.82, 2.24) is 9.55 Å². The molecule has 0 aliphatic heterocycles. The first-order valence-corrected chi connectivity index (χ1v) is 7.91. The molecule has 8 heteroatoms. The van der Waals surface area contributed by atoms with E-state index < -0.39 is 12.3 Å². The average molecular weight is 356 g/mol. The van der Waals surface area contributed by atoms with Crippen LogP contribution in [0.4, 0.5) is 13.2 Å². The zero-order valence-electron chi connectivity index (χ0n) is 13.8. The van der Waals surface area contributed by atoms with E-state index in [4.69, 9.17) is 4.74 Å². The molecule has 0 bridgehead atoms. The molecule has 0 aliphatic carbocycles. The van der Waals surface area contributed by atoms with Gasteiger partial charge in [0.15, 0.2) is 0 Å². The summed E-state index contributed by atoms with van der Waals surface area (Å²) in [5.41, 5.74) is 0.657. The fourth-order valence-corrected chi connectivity index (χ4v) is 2.23. The topological polar surface area (TPSA) is 53.3 Å². The second-order valence-corrected chi connectivity index (χ2v) is 5.37. The molecular formula is C17H19F3N2O3. The van der Waals surface area contributed by atoms with E-state index in [1.165, 1.54) is 24.7 Å². The van der Waals surface area contributed by atoms with Crippen molar-refractivity contribution >= 4 is 5.97 Å². The molecule has 0 saturated carbocycles. The monoisotopic (exact) mass is 356 g/mol. The SMILES string of the molecule is CCCCOC(=O)c1cncn1CCc1ccccc1OC(F)(F)F. The number of hydrogen-bond donors (Lipinski definition) is 0. The number of para-hydroxylation sites is 1. The van der Waals surface area contributed by atoms with E-state index in [-0.39, 0.29) is 24.4 Å². The maximum atomic E-state index is 12.5. The Bertz CT molecular complexity index is 698. The van der Waals surface area contributed by atoms with E-state index in [1.807, 2.05) is 6.92 Å². The summed E-state index contributed by atoms with van der Waals surface area (Å²) in [6.07, 6.45) is -0.00217. The van der Waals surface area contributed by atoms with Crippen molar-refractivity contribution in [2.45, 2.75) is 39.1 Å². The second kappa shape index (κ2) is 8.55. The van der Waals surface area contributed by atoms with Gasteiger partial charge < -0.3 is 14.0 Å². The molecule has 25 heavy (non-hydrogen) atoms. The van der Waals surface area contributed by atoms with Gasteiger partial charge in [-0.1, -0.05) is 31.5 Å². The highest BCUT2D eigenvalue weighted by Gasteiger charge is 2.31. The highest BCUT2D eigenvalue weighted by atomic mass is 19.4. The third kappa shape index (κ3) is 5.81. The van der Waals surface area contributed by atoms with Gasteiger partial charge in [-0.2, -0.15) is 0 Å². The zero-order valence-corrected chi connectivity index (χ0v) is 13.8. The number of aryl methyl sites for hydroxylation is 2. The van der Waals surface area contributed by atoms with Crippen LogP contribution in [0.2, 0.25) is 0 Å². The Hall–Kier alpha value is -2.51. The minimum absolute atomic E-state index is 0.248. The average Bonchev–Trinajstić information content (AvgIpc) is 3.01. The minimum atomic E-state index is -4.75. The van der Waals surface area contributed by atoms with E-state index in [1.54, 1.807) is 16.7 Å². The summed E-state index contributed by atoms with van der Waals surface area (Å²) in [7, 11) is 0. The van der Waals surface area contributed by atoms with Crippen molar-refractivity contribution in [3.8, 4) is 5.75 Å². The van der Waals surface area contributed by atoms with Crippen LogP contribution in [0.3, 0.4) is 0 Å². The number of imidazole rings is 1. The molecule has 0 amide bonds. The zero-order chi connectivity index (χ0) is 18.3. The van der Waals surface area contributed by atoms with Crippen LogP contribution < -0.4 is 4.74 Å². The molecule has 0 radical (unpaired) electrons. The Balaban J connectivity index is 2.03. The Kier molecular flexibility index (Phi) is 6.44. The summed E-state index contributed by atoms with van der Waals surface area (Å²) in [4.78, 5) is 15.9. The predicted molar refractivity (Wildman–Crippen MR) is 84.2 cm³/mol. The van der Waals surface area contributed by atoms with Gasteiger partial charge in [-0.15, -0.1) is 13.2 Å². The first-order chi connectivity index (χ1) is 11.9. The summed E-state index contributed by atoms with van der Waals surface area (Å²) in [6.45, 7) is 2.58. The second-order valence-electron chi connectivity index (χ2n) is 5.37. The smallest absolute Gasteiger partial charge is 0.461 e. The van der Waals surface area contributed by atoms with E-state index in [9.17, 15) is 18.0 Å². The number of ether oxygens (including phenoxy) is 2. The van der Waals surface area contributed by atoms with Crippen LogP contribution in [-0.2, 0) is 17.7 Å². The number of unbranched alkanes of at least 4 members (excludes halogenated alkanes) is 1. The molecule has 0 atom stereocenters. The Morgan fingerprint density at radius 1 is 1.28 bits per heavy atom. The molecule has 2 aromatic rings. The molecule has 2 rings (SSSR count). The summed E-state index contributed by atoms with van der Waals surface area (Å²) >= 11 is 0. The van der Waals surface area contributed by atoms with Crippen LogP contribution >= 0.6 is 0 Å². The number of alkyl halides is 3. The summed E-state index contributed by atoms with van der Waals surface area (Å²) in [5, 5.41) is 0.